The van der Waals surface area contributed by atoms with Crippen molar-refractivity contribution in [2.24, 2.45) is 5.41 Å². The molecule has 0 aromatic heterocycles. The lowest BCUT2D eigenvalue weighted by Gasteiger charge is -2.22. The number of hydrogen-bond acceptors (Lipinski definition) is 4. The van der Waals surface area contributed by atoms with Gasteiger partial charge in [-0.3, -0.25) is 14.4 Å². The van der Waals surface area contributed by atoms with Crippen molar-refractivity contribution in [2.45, 2.75) is 39.7 Å². The Morgan fingerprint density at radius 1 is 1.25 bits per heavy atom. The third-order valence-corrected chi connectivity index (χ3v) is 2.65. The predicted octanol–water partition coefficient (Wildman–Crippen LogP) is 0.145. The first-order chi connectivity index (χ1) is 9.18. The maximum absolute atomic E-state index is 11.8. The molecule has 7 heteroatoms. The summed E-state index contributed by atoms with van der Waals surface area (Å²) < 4.78 is 4.80. The van der Waals surface area contributed by atoms with E-state index in [-0.39, 0.29) is 24.7 Å². The minimum atomic E-state index is -0.951. The van der Waals surface area contributed by atoms with E-state index in [1.807, 2.05) is 0 Å². The van der Waals surface area contributed by atoms with Gasteiger partial charge in [0.05, 0.1) is 13.0 Å². The second kappa shape index (κ2) is 8.52. The summed E-state index contributed by atoms with van der Waals surface area (Å²) in [6, 6.07) is -0.667. The molecule has 0 saturated heterocycles. The molecule has 0 bridgehead atoms. The molecule has 7 nitrogen and oxygen atoms in total. The zero-order valence-corrected chi connectivity index (χ0v) is 12.5. The molecular weight excluding hydrogens is 264 g/mol. The van der Waals surface area contributed by atoms with Crippen LogP contribution in [-0.4, -0.2) is 49.2 Å². The summed E-state index contributed by atoms with van der Waals surface area (Å²) in [4.78, 5) is 34.1. The maximum Gasteiger partial charge on any atom is 0.303 e. The molecule has 1 atom stereocenters. The van der Waals surface area contributed by atoms with E-state index in [0.29, 0.717) is 13.2 Å². The molecule has 3 N–H and O–H groups in total. The Bertz CT molecular complexity index is 355. The monoisotopic (exact) mass is 288 g/mol. The lowest BCUT2D eigenvalue weighted by molar-refractivity contribution is -0.140. The quantitative estimate of drug-likeness (QED) is 0.524. The van der Waals surface area contributed by atoms with Crippen LogP contribution in [0, 0.1) is 5.41 Å². The summed E-state index contributed by atoms with van der Waals surface area (Å²) in [5.41, 5.74) is -0.651. The van der Waals surface area contributed by atoms with Gasteiger partial charge in [-0.1, -0.05) is 13.8 Å². The number of carboxylic acid groups (broad SMARTS) is 1. The van der Waals surface area contributed by atoms with Crippen LogP contribution in [0.3, 0.4) is 0 Å². The highest BCUT2D eigenvalue weighted by atomic mass is 16.5. The summed E-state index contributed by atoms with van der Waals surface area (Å²) >= 11 is 0. The molecule has 2 amide bonds. The lowest BCUT2D eigenvalue weighted by Crippen LogP contribution is -2.46. The molecule has 0 radical (unpaired) electrons. The van der Waals surface area contributed by atoms with Gasteiger partial charge in [0, 0.05) is 20.1 Å². The topological polar surface area (TPSA) is 105 Å². The largest absolute Gasteiger partial charge is 0.481 e. The van der Waals surface area contributed by atoms with E-state index in [1.165, 1.54) is 7.11 Å². The van der Waals surface area contributed by atoms with Crippen molar-refractivity contribution in [3.8, 4) is 0 Å². The number of rotatable bonds is 9. The van der Waals surface area contributed by atoms with Crippen LogP contribution >= 0.6 is 0 Å². The molecular formula is C13H24N2O5. The van der Waals surface area contributed by atoms with Gasteiger partial charge in [0.2, 0.25) is 11.8 Å². The summed E-state index contributed by atoms with van der Waals surface area (Å²) in [5, 5.41) is 13.9. The van der Waals surface area contributed by atoms with Crippen molar-refractivity contribution in [1.82, 2.24) is 10.6 Å². The van der Waals surface area contributed by atoms with Gasteiger partial charge in [0.15, 0.2) is 0 Å². The molecule has 0 aromatic carbocycles. The Labute approximate surface area is 119 Å². The van der Waals surface area contributed by atoms with E-state index >= 15 is 0 Å². The molecule has 0 aliphatic rings. The van der Waals surface area contributed by atoms with E-state index in [2.05, 4.69) is 10.6 Å². The summed E-state index contributed by atoms with van der Waals surface area (Å²) in [7, 11) is 1.53. The van der Waals surface area contributed by atoms with Crippen LogP contribution in [0.5, 0.6) is 0 Å². The molecule has 0 aliphatic carbocycles. The van der Waals surface area contributed by atoms with Gasteiger partial charge in [-0.05, 0) is 12.3 Å². The van der Waals surface area contributed by atoms with Crippen LogP contribution in [0.4, 0.5) is 0 Å². The Morgan fingerprint density at radius 2 is 1.85 bits per heavy atom. The highest BCUT2D eigenvalue weighted by Crippen LogP contribution is 2.24. The number of carbonyl (C=O) groups is 3. The second-order valence-electron chi connectivity index (χ2n) is 5.48. The van der Waals surface area contributed by atoms with Gasteiger partial charge in [-0.25, -0.2) is 0 Å². The van der Waals surface area contributed by atoms with Gasteiger partial charge >= 0.3 is 5.97 Å². The van der Waals surface area contributed by atoms with Crippen molar-refractivity contribution in [2.75, 3.05) is 20.3 Å². The average molecular weight is 288 g/mol. The number of nitrogens with one attached hydrogen (secondary N) is 2. The second-order valence-corrected chi connectivity index (χ2v) is 5.48. The van der Waals surface area contributed by atoms with Crippen molar-refractivity contribution in [3.05, 3.63) is 0 Å². The molecule has 0 spiro atoms. The number of hydrogen-bond donors (Lipinski definition) is 3. The molecule has 0 heterocycles. The zero-order chi connectivity index (χ0) is 15.8. The minimum absolute atomic E-state index is 0.0506. The normalized spacial score (nSPS) is 12.6. The number of carboxylic acids is 1. The van der Waals surface area contributed by atoms with Crippen LogP contribution in [0.15, 0.2) is 0 Å². The van der Waals surface area contributed by atoms with E-state index in [4.69, 9.17) is 9.84 Å². The summed E-state index contributed by atoms with van der Waals surface area (Å²) in [6.45, 7) is 5.75. The fraction of sp³-hybridized carbons (Fsp3) is 0.769. The fourth-order valence-electron chi connectivity index (χ4n) is 1.69. The van der Waals surface area contributed by atoms with E-state index in [9.17, 15) is 14.4 Å². The van der Waals surface area contributed by atoms with E-state index in [1.54, 1.807) is 20.8 Å². The zero-order valence-electron chi connectivity index (χ0n) is 12.5. The Kier molecular flexibility index (Phi) is 7.83. The predicted molar refractivity (Wildman–Crippen MR) is 73.1 cm³/mol. The van der Waals surface area contributed by atoms with Gasteiger partial charge in [0.1, 0.15) is 6.04 Å². The molecule has 1 unspecified atom stereocenters. The fourth-order valence-corrected chi connectivity index (χ4v) is 1.69. The van der Waals surface area contributed by atoms with Crippen LogP contribution in [0.1, 0.15) is 33.6 Å². The van der Waals surface area contributed by atoms with Gasteiger partial charge in [-0.2, -0.15) is 0 Å². The number of amides is 2. The maximum atomic E-state index is 11.8. The van der Waals surface area contributed by atoms with Gasteiger partial charge in [0.25, 0.3) is 0 Å². The van der Waals surface area contributed by atoms with Crippen LogP contribution in [0.25, 0.3) is 0 Å². The Balaban J connectivity index is 4.18. The first-order valence-electron chi connectivity index (χ1n) is 6.46. The van der Waals surface area contributed by atoms with E-state index < -0.39 is 17.4 Å². The first kappa shape index (κ1) is 18.4. The molecule has 0 aliphatic heterocycles. The molecule has 0 aromatic rings. The van der Waals surface area contributed by atoms with Crippen molar-refractivity contribution in [3.63, 3.8) is 0 Å². The Morgan fingerprint density at radius 3 is 2.35 bits per heavy atom. The van der Waals surface area contributed by atoms with Crippen LogP contribution < -0.4 is 10.6 Å². The highest BCUT2D eigenvalue weighted by Gasteiger charge is 2.26. The van der Waals surface area contributed by atoms with Crippen LogP contribution in [0.2, 0.25) is 0 Å². The smallest absolute Gasteiger partial charge is 0.303 e. The minimum Gasteiger partial charge on any atom is -0.481 e. The number of ether oxygens (including phenoxy) is 1. The molecule has 0 rings (SSSR count). The molecule has 0 saturated carbocycles. The molecule has 0 fully saturated rings. The van der Waals surface area contributed by atoms with Gasteiger partial charge in [-0.15, -0.1) is 0 Å². The third-order valence-electron chi connectivity index (χ3n) is 2.65. The summed E-state index contributed by atoms with van der Waals surface area (Å²) in [5.74, 6) is -1.59. The first-order valence-corrected chi connectivity index (χ1v) is 6.46. The van der Waals surface area contributed by atoms with Crippen LogP contribution in [-0.2, 0) is 19.1 Å². The lowest BCUT2D eigenvalue weighted by atomic mass is 9.85. The summed E-state index contributed by atoms with van der Waals surface area (Å²) in [6.07, 6.45) is -0.0518. The standard InChI is InChI=1S/C13H24N2O5/c1-9(12(19)14-5-6-20-4)15-10(16)7-13(2,3)8-11(17)18/h9H,5-8H2,1-4H3,(H,14,19)(H,15,16)(H,17,18). The van der Waals surface area contributed by atoms with Crippen molar-refractivity contribution < 1.29 is 24.2 Å². The third kappa shape index (κ3) is 8.47. The van der Waals surface area contributed by atoms with Crippen molar-refractivity contribution >= 4 is 17.8 Å². The number of carbonyl (C=O) groups excluding carboxylic acids is 2. The van der Waals surface area contributed by atoms with Crippen molar-refractivity contribution in [1.29, 1.82) is 0 Å². The Hall–Kier alpha value is -1.63. The highest BCUT2D eigenvalue weighted by molar-refractivity contribution is 5.87. The number of methoxy groups -OCH3 is 1. The van der Waals surface area contributed by atoms with Gasteiger partial charge < -0.3 is 20.5 Å². The van der Waals surface area contributed by atoms with E-state index in [0.717, 1.165) is 0 Å². The average Bonchev–Trinajstić information content (AvgIpc) is 2.25. The molecule has 116 valence electrons. The number of aliphatic carboxylic acids is 1. The SMILES string of the molecule is COCCNC(=O)C(C)NC(=O)CC(C)(C)CC(=O)O. The molecule has 20 heavy (non-hydrogen) atoms.